The molecule has 1 saturated carbocycles. The molecule has 2 amide bonds. The highest BCUT2D eigenvalue weighted by atomic mass is 35.5. The molecular weight excluding hydrogens is 367 g/mol. The molecule has 2 aliphatic rings. The maximum absolute atomic E-state index is 12.6. The number of benzene rings is 1. The van der Waals surface area contributed by atoms with Crippen LogP contribution < -0.4 is 5.32 Å². The summed E-state index contributed by atoms with van der Waals surface area (Å²) in [5.41, 5.74) is -0.688. The van der Waals surface area contributed by atoms with Gasteiger partial charge in [-0.05, 0) is 43.9 Å². The Hall–Kier alpha value is -1.79. The zero-order valence-electron chi connectivity index (χ0n) is 13.4. The molecule has 0 aromatic heterocycles. The van der Waals surface area contributed by atoms with E-state index in [4.69, 9.17) is 23.2 Å². The molecule has 2 N–H and O–H groups in total. The van der Waals surface area contributed by atoms with Crippen molar-refractivity contribution in [1.29, 1.82) is 0 Å². The second-order valence-corrected chi connectivity index (χ2v) is 7.41. The number of hydrogen-bond donors (Lipinski definition) is 2. The van der Waals surface area contributed by atoms with Gasteiger partial charge in [-0.3, -0.25) is 9.59 Å². The standard InChI is InChI=1S/C17H18Cl2N2O4/c18-12-4-3-10(8-13(12)19)15(23)21-7-1-2-11(9-21)14(22)20-17(5-6-17)16(24)25/h3-4,8,11H,1-2,5-7,9H2,(H,20,22)(H,24,25). The summed E-state index contributed by atoms with van der Waals surface area (Å²) >= 11 is 11.8. The lowest BCUT2D eigenvalue weighted by Gasteiger charge is -2.32. The maximum atomic E-state index is 12.6. The first-order valence-electron chi connectivity index (χ1n) is 8.12. The van der Waals surface area contributed by atoms with Crippen molar-refractivity contribution in [3.63, 3.8) is 0 Å². The van der Waals surface area contributed by atoms with E-state index in [1.54, 1.807) is 17.0 Å². The number of carboxylic acid groups (broad SMARTS) is 1. The summed E-state index contributed by atoms with van der Waals surface area (Å²) in [7, 11) is 0. The minimum Gasteiger partial charge on any atom is -0.480 e. The molecule has 1 atom stereocenters. The summed E-state index contributed by atoms with van der Waals surface area (Å²) < 4.78 is 0. The molecule has 1 aliphatic carbocycles. The number of likely N-dealkylation sites (tertiary alicyclic amines) is 1. The van der Waals surface area contributed by atoms with Crippen molar-refractivity contribution in [3.8, 4) is 0 Å². The molecule has 2 fully saturated rings. The van der Waals surface area contributed by atoms with Gasteiger partial charge in [-0.25, -0.2) is 4.79 Å². The van der Waals surface area contributed by atoms with E-state index in [0.29, 0.717) is 47.8 Å². The number of nitrogens with one attached hydrogen (secondary N) is 1. The maximum Gasteiger partial charge on any atom is 0.329 e. The van der Waals surface area contributed by atoms with Gasteiger partial charge >= 0.3 is 5.97 Å². The Labute approximate surface area is 155 Å². The van der Waals surface area contributed by atoms with Gasteiger partial charge in [0, 0.05) is 18.7 Å². The zero-order chi connectivity index (χ0) is 18.2. The van der Waals surface area contributed by atoms with Crippen molar-refractivity contribution in [2.45, 2.75) is 31.2 Å². The van der Waals surface area contributed by atoms with Gasteiger partial charge in [-0.15, -0.1) is 0 Å². The number of rotatable bonds is 4. The predicted octanol–water partition coefficient (Wildman–Crippen LogP) is 2.58. The molecule has 0 radical (unpaired) electrons. The highest BCUT2D eigenvalue weighted by molar-refractivity contribution is 6.42. The first kappa shape index (κ1) is 18.0. The van der Waals surface area contributed by atoms with E-state index in [-0.39, 0.29) is 18.4 Å². The molecule has 6 nitrogen and oxygen atoms in total. The average molecular weight is 385 g/mol. The van der Waals surface area contributed by atoms with E-state index in [1.165, 1.54) is 6.07 Å². The molecule has 1 unspecified atom stereocenters. The van der Waals surface area contributed by atoms with Crippen LogP contribution in [0.5, 0.6) is 0 Å². The Bertz CT molecular complexity index is 733. The van der Waals surface area contributed by atoms with Crippen LogP contribution in [-0.2, 0) is 9.59 Å². The Morgan fingerprint density at radius 2 is 1.92 bits per heavy atom. The molecule has 1 heterocycles. The van der Waals surface area contributed by atoms with Gasteiger partial charge in [0.25, 0.3) is 5.91 Å². The molecule has 3 rings (SSSR count). The Morgan fingerprint density at radius 3 is 2.52 bits per heavy atom. The molecular formula is C17H18Cl2N2O4. The number of hydrogen-bond acceptors (Lipinski definition) is 3. The molecule has 8 heteroatoms. The number of carbonyl (C=O) groups is 3. The van der Waals surface area contributed by atoms with E-state index in [2.05, 4.69) is 5.32 Å². The number of amides is 2. The van der Waals surface area contributed by atoms with Crippen molar-refractivity contribution in [3.05, 3.63) is 33.8 Å². The van der Waals surface area contributed by atoms with Gasteiger partial charge in [-0.1, -0.05) is 23.2 Å². The molecule has 134 valence electrons. The lowest BCUT2D eigenvalue weighted by atomic mass is 9.96. The fraction of sp³-hybridized carbons (Fsp3) is 0.471. The van der Waals surface area contributed by atoms with Gasteiger partial charge in [0.1, 0.15) is 5.54 Å². The topological polar surface area (TPSA) is 86.7 Å². The third-order valence-electron chi connectivity index (χ3n) is 4.77. The van der Waals surface area contributed by atoms with Gasteiger partial charge in [0.15, 0.2) is 0 Å². The fourth-order valence-electron chi connectivity index (χ4n) is 3.04. The van der Waals surface area contributed by atoms with Gasteiger partial charge in [0.2, 0.25) is 5.91 Å². The van der Waals surface area contributed by atoms with Crippen molar-refractivity contribution in [1.82, 2.24) is 10.2 Å². The molecule has 1 saturated heterocycles. The summed E-state index contributed by atoms with van der Waals surface area (Å²) in [6, 6.07) is 4.68. The smallest absolute Gasteiger partial charge is 0.329 e. The minimum atomic E-state index is -1.10. The van der Waals surface area contributed by atoms with Crippen LogP contribution in [0.3, 0.4) is 0 Å². The lowest BCUT2D eigenvalue weighted by Crippen LogP contribution is -2.50. The quantitative estimate of drug-likeness (QED) is 0.834. The SMILES string of the molecule is O=C(NC1(C(=O)O)CC1)C1CCCN(C(=O)c2ccc(Cl)c(Cl)c2)C1. The van der Waals surface area contributed by atoms with Crippen LogP contribution in [0.25, 0.3) is 0 Å². The minimum absolute atomic E-state index is 0.213. The first-order chi connectivity index (χ1) is 11.8. The van der Waals surface area contributed by atoms with Crippen molar-refractivity contribution in [2.24, 2.45) is 5.92 Å². The van der Waals surface area contributed by atoms with Crippen LogP contribution in [0, 0.1) is 5.92 Å². The fourth-order valence-corrected chi connectivity index (χ4v) is 3.34. The largest absolute Gasteiger partial charge is 0.480 e. The van der Waals surface area contributed by atoms with Crippen LogP contribution in [-0.4, -0.2) is 46.4 Å². The van der Waals surface area contributed by atoms with Crippen LogP contribution in [0.15, 0.2) is 18.2 Å². The second kappa shape index (κ2) is 6.84. The van der Waals surface area contributed by atoms with E-state index in [0.717, 1.165) is 0 Å². The normalized spacial score (nSPS) is 21.5. The molecule has 0 bridgehead atoms. The zero-order valence-corrected chi connectivity index (χ0v) is 14.9. The highest BCUT2D eigenvalue weighted by Crippen LogP contribution is 2.36. The number of nitrogens with zero attached hydrogens (tertiary/aromatic N) is 1. The van der Waals surface area contributed by atoms with Crippen LogP contribution >= 0.6 is 23.2 Å². The molecule has 1 aromatic rings. The van der Waals surface area contributed by atoms with Crippen molar-refractivity contribution < 1.29 is 19.5 Å². The first-order valence-corrected chi connectivity index (χ1v) is 8.88. The molecule has 0 spiro atoms. The molecule has 1 aromatic carbocycles. The van der Waals surface area contributed by atoms with Gasteiger partial charge < -0.3 is 15.3 Å². The second-order valence-electron chi connectivity index (χ2n) is 6.60. The third-order valence-corrected chi connectivity index (χ3v) is 5.51. The number of aliphatic carboxylic acids is 1. The third kappa shape index (κ3) is 3.75. The molecule has 25 heavy (non-hydrogen) atoms. The van der Waals surface area contributed by atoms with Crippen molar-refractivity contribution >= 4 is 41.0 Å². The van der Waals surface area contributed by atoms with Gasteiger partial charge in [-0.2, -0.15) is 0 Å². The number of carbonyl (C=O) groups excluding carboxylic acids is 2. The van der Waals surface area contributed by atoms with Gasteiger partial charge in [0.05, 0.1) is 16.0 Å². The highest BCUT2D eigenvalue weighted by Gasteiger charge is 2.52. The van der Waals surface area contributed by atoms with E-state index >= 15 is 0 Å². The van der Waals surface area contributed by atoms with Crippen LogP contribution in [0.1, 0.15) is 36.0 Å². The number of piperidine rings is 1. The number of carboxylic acids is 1. The number of halogens is 2. The predicted molar refractivity (Wildman–Crippen MR) is 92.8 cm³/mol. The molecule has 1 aliphatic heterocycles. The summed E-state index contributed by atoms with van der Waals surface area (Å²) in [6.07, 6.45) is 2.22. The monoisotopic (exact) mass is 384 g/mol. The van der Waals surface area contributed by atoms with Crippen molar-refractivity contribution in [2.75, 3.05) is 13.1 Å². The van der Waals surface area contributed by atoms with E-state index in [9.17, 15) is 19.5 Å². The lowest BCUT2D eigenvalue weighted by molar-refractivity contribution is -0.144. The van der Waals surface area contributed by atoms with E-state index < -0.39 is 17.4 Å². The summed E-state index contributed by atoms with van der Waals surface area (Å²) in [5, 5.41) is 12.5. The van der Waals surface area contributed by atoms with Crippen LogP contribution in [0.2, 0.25) is 10.0 Å². The summed E-state index contributed by atoms with van der Waals surface area (Å²) in [5.74, 6) is -1.92. The van der Waals surface area contributed by atoms with Crippen LogP contribution in [0.4, 0.5) is 0 Å². The Kier molecular flexibility index (Phi) is 4.93. The Morgan fingerprint density at radius 1 is 1.20 bits per heavy atom. The van der Waals surface area contributed by atoms with E-state index in [1.807, 2.05) is 0 Å². The summed E-state index contributed by atoms with van der Waals surface area (Å²) in [6.45, 7) is 0.813. The summed E-state index contributed by atoms with van der Waals surface area (Å²) in [4.78, 5) is 37.9. The Balaban J connectivity index is 1.66. The average Bonchev–Trinajstić information content (AvgIpc) is 3.37.